The molecular weight excluding hydrogens is 159 g/mol. The van der Waals surface area contributed by atoms with Crippen molar-refractivity contribution in [1.82, 2.24) is 0 Å². The van der Waals surface area contributed by atoms with Crippen LogP contribution in [-0.4, -0.2) is 19.5 Å². The average Bonchev–Trinajstić information content (AvgIpc) is 2.02. The normalized spacial score (nSPS) is 30.3. The lowest BCUT2D eigenvalue weighted by atomic mass is 9.44. The number of hydrogen-bond acceptors (Lipinski definition) is 1. The monoisotopic (exact) mass is 181 g/mol. The highest BCUT2D eigenvalue weighted by Crippen LogP contribution is 2.45. The largest absolute Gasteiger partial charge is 0.375 e. The summed E-state index contributed by atoms with van der Waals surface area (Å²) < 4.78 is 5.99. The summed E-state index contributed by atoms with van der Waals surface area (Å²) in [6, 6.07) is 0. The van der Waals surface area contributed by atoms with Crippen molar-refractivity contribution in [2.75, 3.05) is 6.61 Å². The lowest BCUT2D eigenvalue weighted by Gasteiger charge is -2.39. The van der Waals surface area contributed by atoms with Crippen LogP contribution in [0, 0.1) is 5.41 Å². The fourth-order valence-electron chi connectivity index (χ4n) is 1.40. The first-order valence-electron chi connectivity index (χ1n) is 5.15. The van der Waals surface area contributed by atoms with Gasteiger partial charge in [-0.15, -0.1) is 0 Å². The summed E-state index contributed by atoms with van der Waals surface area (Å²) in [5.41, 5.74) is 0.256. The summed E-state index contributed by atoms with van der Waals surface area (Å²) in [5.74, 6) is 0. The molecule has 2 heteroatoms. The third kappa shape index (κ3) is 2.28. The molecule has 1 fully saturated rings. The van der Waals surface area contributed by atoms with Gasteiger partial charge in [0.2, 0.25) is 0 Å². The van der Waals surface area contributed by atoms with Gasteiger partial charge in [-0.3, -0.25) is 0 Å². The van der Waals surface area contributed by atoms with Crippen LogP contribution >= 0.6 is 0 Å². The van der Waals surface area contributed by atoms with Gasteiger partial charge in [0.05, 0.1) is 12.2 Å². The lowest BCUT2D eigenvalue weighted by Crippen LogP contribution is -2.38. The van der Waals surface area contributed by atoms with Crippen LogP contribution < -0.4 is 0 Å². The Bertz CT molecular complexity index is 174. The first kappa shape index (κ1) is 11.1. The van der Waals surface area contributed by atoms with Crippen LogP contribution in [0.2, 0.25) is 11.6 Å². The van der Waals surface area contributed by atoms with Gasteiger partial charge < -0.3 is 4.74 Å². The van der Waals surface area contributed by atoms with Gasteiger partial charge in [0.25, 0.3) is 0 Å². The summed E-state index contributed by atoms with van der Waals surface area (Å²) >= 11 is 0. The Hall–Kier alpha value is 0.0249. The number of rotatable bonds is 0. The van der Waals surface area contributed by atoms with E-state index < -0.39 is 0 Å². The Kier molecular flexibility index (Phi) is 2.57. The van der Waals surface area contributed by atoms with Crippen molar-refractivity contribution in [3.8, 4) is 0 Å². The Morgan fingerprint density at radius 3 is 2.08 bits per heavy atom. The van der Waals surface area contributed by atoms with Crippen molar-refractivity contribution in [3.05, 3.63) is 0 Å². The highest BCUT2D eigenvalue weighted by Gasteiger charge is 2.42. The minimum absolute atomic E-state index is 0.0409. The highest BCUT2D eigenvalue weighted by atomic mass is 16.5. The predicted molar refractivity (Wildman–Crippen MR) is 58.4 cm³/mol. The zero-order valence-electron chi connectivity index (χ0n) is 9.90. The third-order valence-electron chi connectivity index (χ3n) is 3.54. The Morgan fingerprint density at radius 1 is 1.00 bits per heavy atom. The minimum atomic E-state index is -0.0409. The number of ether oxygens (including phenoxy) is 1. The Labute approximate surface area is 83.5 Å². The summed E-state index contributed by atoms with van der Waals surface area (Å²) in [4.78, 5) is 0. The van der Waals surface area contributed by atoms with Crippen LogP contribution in [0.3, 0.4) is 0 Å². The first-order valence-corrected chi connectivity index (χ1v) is 5.15. The maximum absolute atomic E-state index is 5.99. The van der Waals surface area contributed by atoms with Crippen molar-refractivity contribution in [2.24, 2.45) is 5.41 Å². The SMILES string of the molecule is CC1(C)C[B]C(C)(C)C(C)(C)OC1. The van der Waals surface area contributed by atoms with E-state index >= 15 is 0 Å². The van der Waals surface area contributed by atoms with Gasteiger partial charge in [-0.2, -0.15) is 0 Å². The van der Waals surface area contributed by atoms with Crippen LogP contribution in [-0.2, 0) is 4.74 Å². The molecule has 0 saturated carbocycles. The van der Waals surface area contributed by atoms with E-state index in [-0.39, 0.29) is 10.9 Å². The molecule has 0 amide bonds. The molecule has 0 aromatic heterocycles. The second-order valence-corrected chi connectivity index (χ2v) is 6.09. The summed E-state index contributed by atoms with van der Waals surface area (Å²) in [6.45, 7) is 14.3. The molecule has 13 heavy (non-hydrogen) atoms. The van der Waals surface area contributed by atoms with E-state index in [1.54, 1.807) is 0 Å². The maximum Gasteiger partial charge on any atom is 0.121 e. The molecule has 0 aromatic rings. The fraction of sp³-hybridized carbons (Fsp3) is 1.00. The van der Waals surface area contributed by atoms with Gasteiger partial charge in [-0.25, -0.2) is 0 Å². The van der Waals surface area contributed by atoms with Gasteiger partial charge in [0.1, 0.15) is 7.28 Å². The Balaban J connectivity index is 2.82. The molecule has 1 radical (unpaired) electrons. The van der Waals surface area contributed by atoms with E-state index in [1.807, 2.05) is 0 Å². The fourth-order valence-corrected chi connectivity index (χ4v) is 1.40. The quantitative estimate of drug-likeness (QED) is 0.521. The van der Waals surface area contributed by atoms with Crippen molar-refractivity contribution >= 4 is 7.28 Å². The van der Waals surface area contributed by atoms with E-state index in [9.17, 15) is 0 Å². The zero-order chi connectivity index (χ0) is 10.3. The molecule has 0 bridgehead atoms. The lowest BCUT2D eigenvalue weighted by molar-refractivity contribution is -0.0644. The summed E-state index contributed by atoms with van der Waals surface area (Å²) in [5, 5.41) is 0.167. The summed E-state index contributed by atoms with van der Waals surface area (Å²) in [6.07, 6.45) is 1.14. The van der Waals surface area contributed by atoms with Gasteiger partial charge in [0.15, 0.2) is 0 Å². The van der Waals surface area contributed by atoms with E-state index in [2.05, 4.69) is 48.8 Å². The molecule has 0 aromatic carbocycles. The molecule has 1 saturated heterocycles. The molecule has 1 aliphatic rings. The molecule has 75 valence electrons. The summed E-state index contributed by atoms with van der Waals surface area (Å²) in [7, 11) is 2.42. The van der Waals surface area contributed by atoms with E-state index in [0.29, 0.717) is 5.41 Å². The minimum Gasteiger partial charge on any atom is -0.375 e. The molecule has 0 spiro atoms. The maximum atomic E-state index is 5.99. The smallest absolute Gasteiger partial charge is 0.121 e. The molecule has 0 aliphatic carbocycles. The zero-order valence-corrected chi connectivity index (χ0v) is 9.90. The second-order valence-electron chi connectivity index (χ2n) is 6.09. The Morgan fingerprint density at radius 2 is 1.54 bits per heavy atom. The highest BCUT2D eigenvalue weighted by molar-refractivity contribution is 6.40. The second kappa shape index (κ2) is 3.01. The molecule has 0 atom stereocenters. The number of hydrogen-bond donors (Lipinski definition) is 0. The van der Waals surface area contributed by atoms with E-state index in [4.69, 9.17) is 4.74 Å². The molecular formula is C11H22BO. The molecule has 1 nitrogen and oxygen atoms in total. The predicted octanol–water partition coefficient (Wildman–Crippen LogP) is 3.14. The van der Waals surface area contributed by atoms with Crippen LogP contribution in [0.15, 0.2) is 0 Å². The van der Waals surface area contributed by atoms with Crippen molar-refractivity contribution < 1.29 is 4.74 Å². The van der Waals surface area contributed by atoms with Crippen molar-refractivity contribution in [2.45, 2.75) is 58.8 Å². The van der Waals surface area contributed by atoms with Crippen LogP contribution in [0.5, 0.6) is 0 Å². The molecule has 0 N–H and O–H groups in total. The van der Waals surface area contributed by atoms with Gasteiger partial charge in [-0.05, 0) is 24.6 Å². The van der Waals surface area contributed by atoms with E-state index in [0.717, 1.165) is 12.9 Å². The van der Waals surface area contributed by atoms with Crippen molar-refractivity contribution in [3.63, 3.8) is 0 Å². The third-order valence-corrected chi connectivity index (χ3v) is 3.54. The van der Waals surface area contributed by atoms with Gasteiger partial charge in [-0.1, -0.05) is 34.0 Å². The van der Waals surface area contributed by atoms with Crippen LogP contribution in [0.25, 0.3) is 0 Å². The molecule has 0 unspecified atom stereocenters. The van der Waals surface area contributed by atoms with Gasteiger partial charge >= 0.3 is 0 Å². The molecule has 1 heterocycles. The van der Waals surface area contributed by atoms with Crippen LogP contribution in [0.1, 0.15) is 41.5 Å². The first-order chi connectivity index (χ1) is 5.66. The van der Waals surface area contributed by atoms with Gasteiger partial charge in [0, 0.05) is 0 Å². The van der Waals surface area contributed by atoms with E-state index in [1.165, 1.54) is 0 Å². The molecule has 1 rings (SSSR count). The topological polar surface area (TPSA) is 9.23 Å². The molecule has 1 aliphatic heterocycles. The standard InChI is InChI=1S/C11H22BO/c1-9(2)7-12-10(3,4)11(5,6)13-8-9/h7-8H2,1-6H3. The van der Waals surface area contributed by atoms with Crippen LogP contribution in [0.4, 0.5) is 0 Å². The van der Waals surface area contributed by atoms with Crippen molar-refractivity contribution in [1.29, 1.82) is 0 Å². The average molecular weight is 181 g/mol.